The van der Waals surface area contributed by atoms with Gasteiger partial charge in [0.15, 0.2) is 0 Å². The standard InChI is InChI=1S/C13H13N5S/c1-10-14-6-13(19-10)7-15-11-3-2-4-12(5-11)18-8-16-17-9-18/h2-6,8-9,15H,7H2,1H3. The quantitative estimate of drug-likeness (QED) is 0.792. The first-order valence-electron chi connectivity index (χ1n) is 5.91. The highest BCUT2D eigenvalue weighted by Gasteiger charge is 2.00. The van der Waals surface area contributed by atoms with Gasteiger partial charge in [0, 0.05) is 16.8 Å². The van der Waals surface area contributed by atoms with Gasteiger partial charge in [0.05, 0.1) is 17.2 Å². The molecule has 1 N–H and O–H groups in total. The normalized spacial score (nSPS) is 10.6. The summed E-state index contributed by atoms with van der Waals surface area (Å²) in [6.45, 7) is 2.80. The molecule has 96 valence electrons. The van der Waals surface area contributed by atoms with Gasteiger partial charge >= 0.3 is 0 Å². The number of thiazole rings is 1. The summed E-state index contributed by atoms with van der Waals surface area (Å²) in [5.41, 5.74) is 2.10. The molecule has 0 fully saturated rings. The predicted octanol–water partition coefficient (Wildman–Crippen LogP) is 2.64. The number of nitrogens with one attached hydrogen (secondary N) is 1. The second kappa shape index (κ2) is 5.19. The minimum Gasteiger partial charge on any atom is -0.380 e. The van der Waals surface area contributed by atoms with Gasteiger partial charge < -0.3 is 5.32 Å². The molecular formula is C13H13N5S. The van der Waals surface area contributed by atoms with Crippen molar-refractivity contribution in [2.75, 3.05) is 5.32 Å². The highest BCUT2D eigenvalue weighted by Crippen LogP contribution is 2.17. The molecule has 0 unspecified atom stereocenters. The molecule has 3 aromatic rings. The van der Waals surface area contributed by atoms with Crippen molar-refractivity contribution in [3.63, 3.8) is 0 Å². The molecule has 0 atom stereocenters. The Hall–Kier alpha value is -2.21. The van der Waals surface area contributed by atoms with Gasteiger partial charge in [0.25, 0.3) is 0 Å². The molecule has 0 amide bonds. The Kier molecular flexibility index (Phi) is 3.24. The van der Waals surface area contributed by atoms with E-state index in [2.05, 4.69) is 26.6 Å². The Bertz CT molecular complexity index is 659. The van der Waals surface area contributed by atoms with Crippen molar-refractivity contribution in [3.8, 4) is 5.69 Å². The average molecular weight is 271 g/mol. The molecule has 3 rings (SSSR count). The van der Waals surface area contributed by atoms with Gasteiger partial charge in [0.1, 0.15) is 12.7 Å². The number of anilines is 1. The average Bonchev–Trinajstić information content (AvgIpc) is 3.08. The Labute approximate surface area is 115 Å². The Morgan fingerprint density at radius 2 is 2.11 bits per heavy atom. The SMILES string of the molecule is Cc1ncc(CNc2cccc(-n3cnnc3)c2)s1. The second-order valence-corrected chi connectivity index (χ2v) is 5.44. The third-order valence-electron chi connectivity index (χ3n) is 2.70. The Morgan fingerprint density at radius 3 is 2.84 bits per heavy atom. The molecule has 2 heterocycles. The zero-order valence-corrected chi connectivity index (χ0v) is 11.3. The van der Waals surface area contributed by atoms with Crippen molar-refractivity contribution in [2.24, 2.45) is 0 Å². The Morgan fingerprint density at radius 1 is 1.26 bits per heavy atom. The summed E-state index contributed by atoms with van der Waals surface area (Å²) >= 11 is 1.71. The van der Waals surface area contributed by atoms with Crippen molar-refractivity contribution in [3.05, 3.63) is 53.0 Å². The summed E-state index contributed by atoms with van der Waals surface area (Å²) in [5, 5.41) is 12.1. The zero-order valence-electron chi connectivity index (χ0n) is 10.4. The number of aromatic nitrogens is 4. The summed E-state index contributed by atoms with van der Waals surface area (Å²) in [4.78, 5) is 5.47. The van der Waals surface area contributed by atoms with Crippen LogP contribution in [-0.4, -0.2) is 19.7 Å². The fraction of sp³-hybridized carbons (Fsp3) is 0.154. The molecule has 2 aromatic heterocycles. The van der Waals surface area contributed by atoms with E-state index >= 15 is 0 Å². The van der Waals surface area contributed by atoms with Crippen LogP contribution in [0.2, 0.25) is 0 Å². The van der Waals surface area contributed by atoms with E-state index in [1.165, 1.54) is 4.88 Å². The van der Waals surface area contributed by atoms with Crippen LogP contribution in [0, 0.1) is 6.92 Å². The van der Waals surface area contributed by atoms with Crippen molar-refractivity contribution in [1.29, 1.82) is 0 Å². The summed E-state index contributed by atoms with van der Waals surface area (Å²) in [6.07, 6.45) is 5.29. The third kappa shape index (κ3) is 2.79. The highest BCUT2D eigenvalue weighted by atomic mass is 32.1. The van der Waals surface area contributed by atoms with E-state index < -0.39 is 0 Å². The lowest BCUT2D eigenvalue weighted by atomic mass is 10.2. The third-order valence-corrected chi connectivity index (χ3v) is 3.61. The molecule has 0 spiro atoms. The van der Waals surface area contributed by atoms with Crippen LogP contribution in [0.4, 0.5) is 5.69 Å². The van der Waals surface area contributed by atoms with Crippen LogP contribution in [-0.2, 0) is 6.54 Å². The summed E-state index contributed by atoms with van der Waals surface area (Å²) in [7, 11) is 0. The molecule has 0 radical (unpaired) electrons. The molecule has 5 nitrogen and oxygen atoms in total. The number of hydrogen-bond donors (Lipinski definition) is 1. The summed E-state index contributed by atoms with van der Waals surface area (Å²) in [6, 6.07) is 8.14. The molecule has 0 saturated carbocycles. The van der Waals surface area contributed by atoms with Crippen LogP contribution in [0.25, 0.3) is 5.69 Å². The van der Waals surface area contributed by atoms with Gasteiger partial charge in [-0.25, -0.2) is 4.98 Å². The van der Waals surface area contributed by atoms with Crippen LogP contribution < -0.4 is 5.32 Å². The maximum atomic E-state index is 4.24. The molecule has 1 aromatic carbocycles. The van der Waals surface area contributed by atoms with Gasteiger partial charge in [-0.05, 0) is 25.1 Å². The fourth-order valence-corrected chi connectivity index (χ4v) is 2.52. The summed E-state index contributed by atoms with van der Waals surface area (Å²) < 4.78 is 1.88. The fourth-order valence-electron chi connectivity index (χ4n) is 1.79. The number of hydrogen-bond acceptors (Lipinski definition) is 5. The van der Waals surface area contributed by atoms with Crippen LogP contribution in [0.15, 0.2) is 43.1 Å². The Balaban J connectivity index is 1.73. The molecule has 0 aliphatic heterocycles. The summed E-state index contributed by atoms with van der Waals surface area (Å²) in [5.74, 6) is 0. The lowest BCUT2D eigenvalue weighted by Gasteiger charge is -2.07. The van der Waals surface area contributed by atoms with E-state index in [1.54, 1.807) is 24.0 Å². The first kappa shape index (κ1) is 11.9. The highest BCUT2D eigenvalue weighted by molar-refractivity contribution is 7.11. The van der Waals surface area contributed by atoms with Gasteiger partial charge in [-0.15, -0.1) is 21.5 Å². The molecular weight excluding hydrogens is 258 g/mol. The predicted molar refractivity (Wildman–Crippen MR) is 75.5 cm³/mol. The van der Waals surface area contributed by atoms with Gasteiger partial charge in [-0.2, -0.15) is 0 Å². The van der Waals surface area contributed by atoms with Crippen LogP contribution in [0.5, 0.6) is 0 Å². The lowest BCUT2D eigenvalue weighted by Crippen LogP contribution is -1.98. The van der Waals surface area contributed by atoms with Gasteiger partial charge in [-0.3, -0.25) is 4.57 Å². The molecule has 0 bridgehead atoms. The van der Waals surface area contributed by atoms with Gasteiger partial charge in [0.2, 0.25) is 0 Å². The van der Waals surface area contributed by atoms with Crippen LogP contribution >= 0.6 is 11.3 Å². The second-order valence-electron chi connectivity index (χ2n) is 4.12. The largest absolute Gasteiger partial charge is 0.380 e. The van der Waals surface area contributed by atoms with E-state index in [9.17, 15) is 0 Å². The van der Waals surface area contributed by atoms with E-state index in [4.69, 9.17) is 0 Å². The molecule has 19 heavy (non-hydrogen) atoms. The topological polar surface area (TPSA) is 55.6 Å². The lowest BCUT2D eigenvalue weighted by molar-refractivity contribution is 1.05. The van der Waals surface area contributed by atoms with Crippen LogP contribution in [0.1, 0.15) is 9.88 Å². The van der Waals surface area contributed by atoms with E-state index in [0.29, 0.717) is 0 Å². The van der Waals surface area contributed by atoms with Crippen LogP contribution in [0.3, 0.4) is 0 Å². The van der Waals surface area contributed by atoms with Crippen molar-refractivity contribution < 1.29 is 0 Å². The maximum absolute atomic E-state index is 4.24. The number of rotatable bonds is 4. The zero-order chi connectivity index (χ0) is 13.1. The monoisotopic (exact) mass is 271 g/mol. The first-order chi connectivity index (χ1) is 9.31. The minimum absolute atomic E-state index is 0.789. The number of aryl methyl sites for hydroxylation is 1. The number of benzene rings is 1. The molecule has 0 aliphatic carbocycles. The van der Waals surface area contributed by atoms with E-state index in [-0.39, 0.29) is 0 Å². The molecule has 0 aliphatic rings. The first-order valence-corrected chi connectivity index (χ1v) is 6.73. The van der Waals surface area contributed by atoms with E-state index in [0.717, 1.165) is 22.9 Å². The van der Waals surface area contributed by atoms with Crippen molar-refractivity contribution in [2.45, 2.75) is 13.5 Å². The van der Waals surface area contributed by atoms with Crippen molar-refractivity contribution >= 4 is 17.0 Å². The van der Waals surface area contributed by atoms with Gasteiger partial charge in [-0.1, -0.05) is 6.07 Å². The van der Waals surface area contributed by atoms with Crippen molar-refractivity contribution in [1.82, 2.24) is 19.7 Å². The smallest absolute Gasteiger partial charge is 0.123 e. The molecule has 0 saturated heterocycles. The minimum atomic E-state index is 0.789. The molecule has 6 heteroatoms. The number of nitrogens with zero attached hydrogens (tertiary/aromatic N) is 4. The maximum Gasteiger partial charge on any atom is 0.123 e. The van der Waals surface area contributed by atoms with E-state index in [1.807, 2.05) is 35.9 Å².